The van der Waals surface area contributed by atoms with Crippen molar-refractivity contribution < 1.29 is 9.53 Å². The van der Waals surface area contributed by atoms with Gasteiger partial charge in [0.15, 0.2) is 0 Å². The number of ether oxygens (including phenoxy) is 1. The maximum atomic E-state index is 10.5. The molecule has 0 aromatic rings. The van der Waals surface area contributed by atoms with Gasteiger partial charge in [-0.1, -0.05) is 0 Å². The average molecular weight is 179 g/mol. The fourth-order valence-corrected chi connectivity index (χ4v) is 1.29. The van der Waals surface area contributed by atoms with Crippen LogP contribution in [0.25, 0.3) is 0 Å². The summed E-state index contributed by atoms with van der Waals surface area (Å²) in [5.74, 6) is 0. The molecule has 3 nitrogen and oxygen atoms in total. The Labute approximate surface area is 68.6 Å². The van der Waals surface area contributed by atoms with Crippen molar-refractivity contribution in [3.63, 3.8) is 0 Å². The number of methoxy groups -OCH3 is 1. The molecular weight excluding hydrogens is 170 g/mol. The number of nitrogens with zero attached hydrogens (tertiary/aromatic N) is 1. The van der Waals surface area contributed by atoms with Crippen LogP contribution >= 0.6 is 23.5 Å². The second-order valence-electron chi connectivity index (χ2n) is 1.26. The first-order valence-corrected chi connectivity index (χ1v) is 4.94. The van der Waals surface area contributed by atoms with E-state index in [9.17, 15) is 4.79 Å². The lowest BCUT2D eigenvalue weighted by Gasteiger charge is -1.95. The van der Waals surface area contributed by atoms with Gasteiger partial charge in [-0.2, -0.15) is 4.99 Å². The molecular formula is C5H9NO2S2. The van der Waals surface area contributed by atoms with Crippen LogP contribution in [-0.2, 0) is 4.74 Å². The number of amides is 1. The molecule has 0 saturated heterocycles. The molecule has 0 atom stereocenters. The van der Waals surface area contributed by atoms with E-state index in [0.29, 0.717) is 4.38 Å². The third-order valence-corrected chi connectivity index (χ3v) is 2.59. The first-order chi connectivity index (χ1) is 4.74. The van der Waals surface area contributed by atoms with Crippen LogP contribution in [0.1, 0.15) is 0 Å². The molecule has 1 amide bonds. The Morgan fingerprint density at radius 3 is 2.20 bits per heavy atom. The monoisotopic (exact) mass is 179 g/mol. The largest absolute Gasteiger partial charge is 0.451 e. The topological polar surface area (TPSA) is 38.7 Å². The van der Waals surface area contributed by atoms with Gasteiger partial charge in [-0.05, 0) is 12.5 Å². The molecule has 0 saturated carbocycles. The predicted octanol–water partition coefficient (Wildman–Crippen LogP) is 1.83. The maximum Gasteiger partial charge on any atom is 0.434 e. The number of carbonyl (C=O) groups excluding carboxylic acids is 1. The molecule has 0 fully saturated rings. The van der Waals surface area contributed by atoms with Crippen molar-refractivity contribution in [1.82, 2.24) is 0 Å². The minimum atomic E-state index is -0.543. The quantitative estimate of drug-likeness (QED) is 0.420. The van der Waals surface area contributed by atoms with Crippen LogP contribution in [0, 0.1) is 0 Å². The van der Waals surface area contributed by atoms with Crippen molar-refractivity contribution in [1.29, 1.82) is 0 Å². The van der Waals surface area contributed by atoms with Gasteiger partial charge in [0.05, 0.1) is 7.11 Å². The van der Waals surface area contributed by atoms with E-state index in [1.165, 1.54) is 30.6 Å². The fourth-order valence-electron chi connectivity index (χ4n) is 0.295. The first kappa shape index (κ1) is 9.84. The van der Waals surface area contributed by atoms with E-state index in [1.54, 1.807) is 0 Å². The van der Waals surface area contributed by atoms with Crippen LogP contribution in [0.4, 0.5) is 4.79 Å². The molecule has 0 aliphatic heterocycles. The highest BCUT2D eigenvalue weighted by molar-refractivity contribution is 8.38. The van der Waals surface area contributed by atoms with Gasteiger partial charge in [0.1, 0.15) is 4.38 Å². The second kappa shape index (κ2) is 5.61. The Kier molecular flexibility index (Phi) is 5.52. The minimum Gasteiger partial charge on any atom is -0.451 e. The van der Waals surface area contributed by atoms with E-state index in [0.717, 1.165) is 0 Å². The molecule has 0 aromatic heterocycles. The molecule has 10 heavy (non-hydrogen) atoms. The SMILES string of the molecule is COC(=O)N=C(SC)SC. The van der Waals surface area contributed by atoms with Gasteiger partial charge >= 0.3 is 6.09 Å². The van der Waals surface area contributed by atoms with Crippen molar-refractivity contribution in [2.45, 2.75) is 0 Å². The summed E-state index contributed by atoms with van der Waals surface area (Å²) in [6.45, 7) is 0. The zero-order chi connectivity index (χ0) is 7.98. The Hall–Kier alpha value is -0.160. The van der Waals surface area contributed by atoms with Crippen LogP contribution in [0.15, 0.2) is 4.99 Å². The number of aliphatic imine (C=N–C) groups is 1. The summed E-state index contributed by atoms with van der Waals surface area (Å²) < 4.78 is 5.05. The van der Waals surface area contributed by atoms with Crippen molar-refractivity contribution in [3.05, 3.63) is 0 Å². The molecule has 5 heteroatoms. The highest BCUT2D eigenvalue weighted by atomic mass is 32.2. The van der Waals surface area contributed by atoms with Gasteiger partial charge < -0.3 is 4.74 Å². The number of thioether (sulfide) groups is 2. The van der Waals surface area contributed by atoms with E-state index in [-0.39, 0.29) is 0 Å². The molecule has 0 bridgehead atoms. The Morgan fingerprint density at radius 1 is 1.40 bits per heavy atom. The number of carbonyl (C=O) groups is 1. The molecule has 0 N–H and O–H groups in total. The first-order valence-electron chi connectivity index (χ1n) is 2.49. The Morgan fingerprint density at radius 2 is 1.90 bits per heavy atom. The third kappa shape index (κ3) is 3.79. The summed E-state index contributed by atoms with van der Waals surface area (Å²) >= 11 is 2.85. The summed E-state index contributed by atoms with van der Waals surface area (Å²) in [6.07, 6.45) is 3.18. The highest BCUT2D eigenvalue weighted by Crippen LogP contribution is 2.10. The van der Waals surface area contributed by atoms with Crippen molar-refractivity contribution in [2.24, 2.45) is 4.99 Å². The van der Waals surface area contributed by atoms with E-state index in [4.69, 9.17) is 0 Å². The summed E-state index contributed by atoms with van der Waals surface area (Å²) in [5.41, 5.74) is 0. The summed E-state index contributed by atoms with van der Waals surface area (Å²) in [5, 5.41) is 0. The molecule has 58 valence electrons. The number of rotatable bonds is 0. The van der Waals surface area contributed by atoms with E-state index < -0.39 is 6.09 Å². The van der Waals surface area contributed by atoms with Crippen molar-refractivity contribution >= 4 is 34.0 Å². The van der Waals surface area contributed by atoms with E-state index in [1.807, 2.05) is 12.5 Å². The van der Waals surface area contributed by atoms with Gasteiger partial charge in [-0.15, -0.1) is 23.5 Å². The molecule has 0 aliphatic carbocycles. The van der Waals surface area contributed by atoms with Gasteiger partial charge in [0.2, 0.25) is 0 Å². The molecule has 0 aliphatic rings. The standard InChI is InChI=1S/C5H9NO2S2/c1-8-4(7)6-5(9-2)10-3/h1-3H3. The lowest BCUT2D eigenvalue weighted by molar-refractivity contribution is 0.183. The van der Waals surface area contributed by atoms with E-state index in [2.05, 4.69) is 9.73 Å². The second-order valence-corrected chi connectivity index (χ2v) is 3.10. The zero-order valence-corrected chi connectivity index (χ0v) is 7.71. The summed E-state index contributed by atoms with van der Waals surface area (Å²) in [4.78, 5) is 14.1. The normalized spacial score (nSPS) is 8.70. The smallest absolute Gasteiger partial charge is 0.434 e. The predicted molar refractivity (Wildman–Crippen MR) is 46.9 cm³/mol. The molecule has 0 unspecified atom stereocenters. The fraction of sp³-hybridized carbons (Fsp3) is 0.600. The number of hydrogen-bond donors (Lipinski definition) is 0. The van der Waals surface area contributed by atoms with Gasteiger partial charge in [0, 0.05) is 0 Å². The number of hydrogen-bond acceptors (Lipinski definition) is 4. The van der Waals surface area contributed by atoms with Gasteiger partial charge in [-0.3, -0.25) is 0 Å². The minimum absolute atomic E-state index is 0.543. The van der Waals surface area contributed by atoms with Crippen LogP contribution < -0.4 is 0 Å². The van der Waals surface area contributed by atoms with Crippen molar-refractivity contribution in [2.75, 3.05) is 19.6 Å². The molecule has 0 heterocycles. The maximum absolute atomic E-state index is 10.5. The Bertz CT molecular complexity index is 141. The molecule has 0 rings (SSSR count). The van der Waals surface area contributed by atoms with Crippen LogP contribution in [-0.4, -0.2) is 30.1 Å². The van der Waals surface area contributed by atoms with Crippen LogP contribution in [0.2, 0.25) is 0 Å². The molecule has 0 radical (unpaired) electrons. The molecule has 0 aromatic carbocycles. The lowest BCUT2D eigenvalue weighted by atomic mass is 11.2. The van der Waals surface area contributed by atoms with Crippen LogP contribution in [0.3, 0.4) is 0 Å². The average Bonchev–Trinajstić information content (AvgIpc) is 1.99. The Balaban J connectivity index is 3.96. The van der Waals surface area contributed by atoms with Gasteiger partial charge in [0.25, 0.3) is 0 Å². The lowest BCUT2D eigenvalue weighted by Crippen LogP contribution is -1.95. The van der Waals surface area contributed by atoms with Crippen molar-refractivity contribution in [3.8, 4) is 0 Å². The summed E-state index contributed by atoms with van der Waals surface area (Å²) in [7, 11) is 1.31. The van der Waals surface area contributed by atoms with Gasteiger partial charge in [-0.25, -0.2) is 4.79 Å². The summed E-state index contributed by atoms with van der Waals surface area (Å²) in [6, 6.07) is 0. The highest BCUT2D eigenvalue weighted by Gasteiger charge is 1.98. The molecule has 0 spiro atoms. The van der Waals surface area contributed by atoms with Crippen LogP contribution in [0.5, 0.6) is 0 Å². The zero-order valence-electron chi connectivity index (χ0n) is 6.08. The van der Waals surface area contributed by atoms with E-state index >= 15 is 0 Å². The third-order valence-electron chi connectivity index (χ3n) is 0.706.